The monoisotopic (exact) mass is 346 g/mol. The van der Waals surface area contributed by atoms with Gasteiger partial charge in [0.15, 0.2) is 0 Å². The smallest absolute Gasteiger partial charge is 0.276 e. The van der Waals surface area contributed by atoms with E-state index < -0.39 is 10.7 Å². The molecule has 0 unspecified atom stereocenters. The molecule has 0 bridgehead atoms. The molecule has 0 spiro atoms. The Labute approximate surface area is 141 Å². The molecule has 0 aliphatic heterocycles. The molecule has 2 rings (SSSR count). The number of nitrogens with zero attached hydrogens (tertiary/aromatic N) is 2. The molecule has 0 radical (unpaired) electrons. The topological polar surface area (TPSA) is 84.0 Å². The van der Waals surface area contributed by atoms with Gasteiger partial charge in [-0.2, -0.15) is 5.26 Å². The van der Waals surface area contributed by atoms with Crippen LogP contribution in [-0.2, 0) is 0 Å². The zero-order valence-corrected chi connectivity index (χ0v) is 13.0. The number of Topliss-reactive ketones (excluding diaryl/α,β-unsaturated/α-hetero) is 1. The SMILES string of the molecule is N#C/C(=C/c1ccccc1[N+](=O)[O-])C(=O)c1c(Cl)cccc1Cl. The number of rotatable bonds is 4. The van der Waals surface area contributed by atoms with E-state index in [0.717, 1.165) is 6.08 Å². The van der Waals surface area contributed by atoms with Gasteiger partial charge in [-0.15, -0.1) is 0 Å². The number of carbonyl (C=O) groups is 1. The van der Waals surface area contributed by atoms with Gasteiger partial charge in [-0.1, -0.05) is 41.4 Å². The zero-order chi connectivity index (χ0) is 17.0. The minimum absolute atomic E-state index is 0.0118. The molecule has 2 aromatic rings. The van der Waals surface area contributed by atoms with Crippen LogP contribution in [0.3, 0.4) is 0 Å². The molecule has 0 atom stereocenters. The second-order valence-corrected chi connectivity index (χ2v) is 5.23. The highest BCUT2D eigenvalue weighted by molar-refractivity contribution is 6.41. The van der Waals surface area contributed by atoms with Gasteiger partial charge in [0, 0.05) is 6.07 Å². The Bertz CT molecular complexity index is 850. The summed E-state index contributed by atoms with van der Waals surface area (Å²) in [5.74, 6) is -0.693. The van der Waals surface area contributed by atoms with Gasteiger partial charge in [-0.05, 0) is 24.3 Å². The van der Waals surface area contributed by atoms with Gasteiger partial charge in [0.25, 0.3) is 5.69 Å². The maximum atomic E-state index is 12.5. The van der Waals surface area contributed by atoms with Crippen LogP contribution in [0.25, 0.3) is 6.08 Å². The van der Waals surface area contributed by atoms with Crippen molar-refractivity contribution in [2.24, 2.45) is 0 Å². The maximum Gasteiger partial charge on any atom is 0.276 e. The van der Waals surface area contributed by atoms with Gasteiger partial charge in [0.1, 0.15) is 11.6 Å². The van der Waals surface area contributed by atoms with Gasteiger partial charge in [0.05, 0.1) is 26.1 Å². The van der Waals surface area contributed by atoms with Crippen molar-refractivity contribution in [2.75, 3.05) is 0 Å². The number of halogens is 2. The predicted octanol–water partition coefficient (Wildman–Crippen LogP) is 4.69. The van der Waals surface area contributed by atoms with E-state index in [0.29, 0.717) is 0 Å². The van der Waals surface area contributed by atoms with Gasteiger partial charge >= 0.3 is 0 Å². The molecular weight excluding hydrogens is 339 g/mol. The number of allylic oxidation sites excluding steroid dienone is 1. The lowest BCUT2D eigenvalue weighted by Gasteiger charge is -2.05. The predicted molar refractivity (Wildman–Crippen MR) is 87.5 cm³/mol. The fourth-order valence-corrected chi connectivity index (χ4v) is 2.50. The van der Waals surface area contributed by atoms with E-state index in [-0.39, 0.29) is 32.4 Å². The third kappa shape index (κ3) is 3.57. The average molecular weight is 347 g/mol. The highest BCUT2D eigenvalue weighted by Crippen LogP contribution is 2.28. The Morgan fingerprint density at radius 2 is 1.74 bits per heavy atom. The largest absolute Gasteiger partial charge is 0.288 e. The van der Waals surface area contributed by atoms with E-state index >= 15 is 0 Å². The number of hydrogen-bond acceptors (Lipinski definition) is 4. The molecule has 0 N–H and O–H groups in total. The summed E-state index contributed by atoms with van der Waals surface area (Å²) in [5, 5.41) is 20.4. The summed E-state index contributed by atoms with van der Waals surface area (Å²) in [6.45, 7) is 0. The highest BCUT2D eigenvalue weighted by Gasteiger charge is 2.20. The fourth-order valence-electron chi connectivity index (χ4n) is 1.93. The summed E-state index contributed by atoms with van der Waals surface area (Å²) in [5.41, 5.74) is -0.375. The molecule has 0 saturated heterocycles. The number of ketones is 1. The lowest BCUT2D eigenvalue weighted by Crippen LogP contribution is -2.04. The molecule has 0 aliphatic rings. The number of para-hydroxylation sites is 1. The van der Waals surface area contributed by atoms with E-state index in [4.69, 9.17) is 23.2 Å². The second-order valence-electron chi connectivity index (χ2n) is 4.41. The molecule has 0 aliphatic carbocycles. The molecular formula is C16H8Cl2N2O3. The first-order chi connectivity index (χ1) is 11.0. The van der Waals surface area contributed by atoms with Gasteiger partial charge < -0.3 is 0 Å². The zero-order valence-electron chi connectivity index (χ0n) is 11.5. The molecule has 0 fully saturated rings. The molecule has 114 valence electrons. The lowest BCUT2D eigenvalue weighted by atomic mass is 10.0. The molecule has 0 amide bonds. The Kier molecular flexibility index (Phi) is 5.12. The molecule has 2 aromatic carbocycles. The van der Waals surface area contributed by atoms with Crippen molar-refractivity contribution in [2.45, 2.75) is 0 Å². The summed E-state index contributed by atoms with van der Waals surface area (Å²) < 4.78 is 0. The number of nitro groups is 1. The quantitative estimate of drug-likeness (QED) is 0.264. The van der Waals surface area contributed by atoms with E-state index in [1.165, 1.54) is 30.3 Å². The van der Waals surface area contributed by atoms with Crippen LogP contribution in [0, 0.1) is 21.4 Å². The Hall–Kier alpha value is -2.68. The first kappa shape index (κ1) is 16.7. The minimum atomic E-state index is -0.693. The van der Waals surface area contributed by atoms with Crippen molar-refractivity contribution in [1.82, 2.24) is 0 Å². The lowest BCUT2D eigenvalue weighted by molar-refractivity contribution is -0.385. The van der Waals surface area contributed by atoms with E-state index in [2.05, 4.69) is 0 Å². The fraction of sp³-hybridized carbons (Fsp3) is 0. The van der Waals surface area contributed by atoms with Gasteiger partial charge in [-0.3, -0.25) is 14.9 Å². The van der Waals surface area contributed by atoms with Crippen LogP contribution in [0.2, 0.25) is 10.0 Å². The van der Waals surface area contributed by atoms with Crippen LogP contribution in [0.4, 0.5) is 5.69 Å². The summed E-state index contributed by atoms with van der Waals surface area (Å²) in [4.78, 5) is 22.9. The first-order valence-electron chi connectivity index (χ1n) is 6.29. The van der Waals surface area contributed by atoms with Crippen molar-refractivity contribution in [3.05, 3.63) is 79.3 Å². The Morgan fingerprint density at radius 3 is 2.30 bits per heavy atom. The van der Waals surface area contributed by atoms with Crippen LogP contribution >= 0.6 is 23.2 Å². The van der Waals surface area contributed by atoms with E-state index in [9.17, 15) is 20.2 Å². The van der Waals surface area contributed by atoms with Crippen molar-refractivity contribution in [3.8, 4) is 6.07 Å². The van der Waals surface area contributed by atoms with E-state index in [1.54, 1.807) is 18.2 Å². The van der Waals surface area contributed by atoms with Gasteiger partial charge in [-0.25, -0.2) is 0 Å². The van der Waals surface area contributed by atoms with Crippen molar-refractivity contribution >= 4 is 40.7 Å². The maximum absolute atomic E-state index is 12.5. The van der Waals surface area contributed by atoms with Crippen LogP contribution in [-0.4, -0.2) is 10.7 Å². The molecule has 23 heavy (non-hydrogen) atoms. The summed E-state index contributed by atoms with van der Waals surface area (Å²) in [6, 6.07) is 12.0. The minimum Gasteiger partial charge on any atom is -0.288 e. The number of carbonyl (C=O) groups excluding carboxylic acids is 1. The van der Waals surface area contributed by atoms with Crippen molar-refractivity contribution < 1.29 is 9.72 Å². The standard InChI is InChI=1S/C16H8Cl2N2O3/c17-12-5-3-6-13(18)15(12)16(21)11(9-19)8-10-4-1-2-7-14(10)20(22)23/h1-8H/b11-8-. The molecule has 7 heteroatoms. The molecule has 0 heterocycles. The second kappa shape index (κ2) is 7.05. The summed E-state index contributed by atoms with van der Waals surface area (Å²) in [6.07, 6.45) is 1.15. The van der Waals surface area contributed by atoms with Crippen LogP contribution in [0.1, 0.15) is 15.9 Å². The number of hydrogen-bond donors (Lipinski definition) is 0. The van der Waals surface area contributed by atoms with Crippen molar-refractivity contribution in [1.29, 1.82) is 5.26 Å². The number of nitriles is 1. The highest BCUT2D eigenvalue weighted by atomic mass is 35.5. The van der Waals surface area contributed by atoms with Gasteiger partial charge in [0.2, 0.25) is 5.78 Å². The molecule has 0 saturated carbocycles. The summed E-state index contributed by atoms with van der Waals surface area (Å²) in [7, 11) is 0. The van der Waals surface area contributed by atoms with E-state index in [1.807, 2.05) is 0 Å². The summed E-state index contributed by atoms with van der Waals surface area (Å²) >= 11 is 11.9. The number of nitro benzene ring substituents is 1. The molecule has 5 nitrogen and oxygen atoms in total. The third-order valence-electron chi connectivity index (χ3n) is 2.99. The third-order valence-corrected chi connectivity index (χ3v) is 3.62. The number of benzene rings is 2. The Balaban J connectivity index is 2.55. The van der Waals surface area contributed by atoms with Crippen LogP contribution in [0.15, 0.2) is 48.0 Å². The molecule has 0 aromatic heterocycles. The Morgan fingerprint density at radius 1 is 1.13 bits per heavy atom. The van der Waals surface area contributed by atoms with Crippen LogP contribution in [0.5, 0.6) is 0 Å². The first-order valence-corrected chi connectivity index (χ1v) is 7.05. The normalized spacial score (nSPS) is 10.9. The average Bonchev–Trinajstić information content (AvgIpc) is 2.52. The van der Waals surface area contributed by atoms with Crippen molar-refractivity contribution in [3.63, 3.8) is 0 Å². The van der Waals surface area contributed by atoms with Crippen LogP contribution < -0.4 is 0 Å².